The minimum absolute atomic E-state index is 0.0762. The van der Waals surface area contributed by atoms with E-state index in [0.717, 1.165) is 4.90 Å². The van der Waals surface area contributed by atoms with E-state index in [-0.39, 0.29) is 5.69 Å². The maximum Gasteiger partial charge on any atom is 0.326 e. The van der Waals surface area contributed by atoms with Crippen molar-refractivity contribution >= 4 is 23.4 Å². The van der Waals surface area contributed by atoms with Gasteiger partial charge in [-0.2, -0.15) is 0 Å². The average Bonchev–Trinajstić information content (AvgIpc) is 2.38. The van der Waals surface area contributed by atoms with Gasteiger partial charge in [-0.25, -0.2) is 9.59 Å². The van der Waals surface area contributed by atoms with Crippen LogP contribution in [0.4, 0.5) is 16.2 Å². The van der Waals surface area contributed by atoms with Crippen molar-refractivity contribution in [1.82, 2.24) is 4.90 Å². The largest absolute Gasteiger partial charge is 0.480 e. The molecule has 2 amide bonds. The molecule has 0 fully saturated rings. The third-order valence-electron chi connectivity index (χ3n) is 2.92. The molecule has 8 heteroatoms. The number of amides is 2. The third kappa shape index (κ3) is 3.44. The van der Waals surface area contributed by atoms with Crippen LogP contribution in [-0.2, 0) is 4.79 Å². The van der Waals surface area contributed by atoms with Crippen LogP contribution in [0.25, 0.3) is 0 Å². The first-order valence-electron chi connectivity index (χ1n) is 5.75. The van der Waals surface area contributed by atoms with Crippen LogP contribution in [0, 0.1) is 17.0 Å². The topological polar surface area (TPSA) is 113 Å². The van der Waals surface area contributed by atoms with Gasteiger partial charge in [0, 0.05) is 24.9 Å². The highest BCUT2D eigenvalue weighted by molar-refractivity contribution is 5.92. The number of aliphatic carboxylic acids is 1. The van der Waals surface area contributed by atoms with E-state index in [0.29, 0.717) is 11.3 Å². The summed E-state index contributed by atoms with van der Waals surface area (Å²) in [5.41, 5.74) is 0.835. The standard InChI is InChI=1S/C12H15N3O5/c1-7-6-9(15(19)20)4-5-10(7)13-12(18)14(3)8(2)11(16)17/h4-6,8H,1-3H3,(H,13,18)(H,16,17). The molecule has 1 unspecified atom stereocenters. The highest BCUT2D eigenvalue weighted by Gasteiger charge is 2.22. The van der Waals surface area contributed by atoms with Gasteiger partial charge in [0.25, 0.3) is 5.69 Å². The van der Waals surface area contributed by atoms with E-state index in [2.05, 4.69) is 5.32 Å². The summed E-state index contributed by atoms with van der Waals surface area (Å²) in [6, 6.07) is 2.43. The summed E-state index contributed by atoms with van der Waals surface area (Å²) in [4.78, 5) is 33.7. The zero-order valence-electron chi connectivity index (χ0n) is 11.3. The van der Waals surface area contributed by atoms with E-state index in [1.54, 1.807) is 6.92 Å². The van der Waals surface area contributed by atoms with Crippen LogP contribution in [0.5, 0.6) is 0 Å². The Morgan fingerprint density at radius 2 is 2.05 bits per heavy atom. The Labute approximate surface area is 115 Å². The summed E-state index contributed by atoms with van der Waals surface area (Å²) in [5.74, 6) is -1.12. The van der Waals surface area contributed by atoms with Crippen LogP contribution in [0.1, 0.15) is 12.5 Å². The molecule has 0 aliphatic heterocycles. The predicted octanol–water partition coefficient (Wildman–Crippen LogP) is 1.84. The third-order valence-corrected chi connectivity index (χ3v) is 2.92. The SMILES string of the molecule is Cc1cc([N+](=O)[O-])ccc1NC(=O)N(C)C(C)C(=O)O. The van der Waals surface area contributed by atoms with E-state index < -0.39 is 23.0 Å². The number of non-ortho nitro benzene ring substituents is 1. The van der Waals surface area contributed by atoms with E-state index in [1.165, 1.54) is 32.2 Å². The number of carbonyl (C=O) groups is 2. The van der Waals surface area contributed by atoms with Crippen molar-refractivity contribution < 1.29 is 19.6 Å². The summed E-state index contributed by atoms with van der Waals surface area (Å²) < 4.78 is 0. The number of benzene rings is 1. The maximum atomic E-state index is 11.8. The van der Waals surface area contributed by atoms with Crippen molar-refractivity contribution in [3.8, 4) is 0 Å². The molecule has 1 aromatic carbocycles. The van der Waals surface area contributed by atoms with Crippen molar-refractivity contribution in [1.29, 1.82) is 0 Å². The molecule has 0 aliphatic carbocycles. The molecule has 0 bridgehead atoms. The molecule has 8 nitrogen and oxygen atoms in total. The number of carbonyl (C=O) groups excluding carboxylic acids is 1. The van der Waals surface area contributed by atoms with Crippen molar-refractivity contribution in [2.75, 3.05) is 12.4 Å². The molecule has 1 rings (SSSR count). The van der Waals surface area contributed by atoms with Crippen molar-refractivity contribution in [2.24, 2.45) is 0 Å². The fourth-order valence-electron chi connectivity index (χ4n) is 1.45. The summed E-state index contributed by atoms with van der Waals surface area (Å²) in [6.07, 6.45) is 0. The molecule has 1 aromatic rings. The first-order valence-corrected chi connectivity index (χ1v) is 5.75. The van der Waals surface area contributed by atoms with Gasteiger partial charge in [-0.15, -0.1) is 0 Å². The Morgan fingerprint density at radius 1 is 1.45 bits per heavy atom. The maximum absolute atomic E-state index is 11.8. The molecule has 1 atom stereocenters. The van der Waals surface area contributed by atoms with Crippen molar-refractivity contribution in [3.63, 3.8) is 0 Å². The van der Waals surface area contributed by atoms with Gasteiger partial charge in [0.05, 0.1) is 4.92 Å². The second kappa shape index (κ2) is 6.00. The number of hydrogen-bond donors (Lipinski definition) is 2. The summed E-state index contributed by atoms with van der Waals surface area (Å²) in [6.45, 7) is 2.99. The van der Waals surface area contributed by atoms with Crippen LogP contribution < -0.4 is 5.32 Å². The Balaban J connectivity index is 2.86. The smallest absolute Gasteiger partial charge is 0.326 e. The number of nitro groups is 1. The Kier molecular flexibility index (Phi) is 4.63. The van der Waals surface area contributed by atoms with Gasteiger partial charge in [-0.05, 0) is 25.5 Å². The Morgan fingerprint density at radius 3 is 2.50 bits per heavy atom. The fourth-order valence-corrected chi connectivity index (χ4v) is 1.45. The normalized spacial score (nSPS) is 11.6. The number of aryl methyl sites for hydroxylation is 1. The van der Waals surface area contributed by atoms with Crippen molar-refractivity contribution in [2.45, 2.75) is 19.9 Å². The molecule has 0 heterocycles. The summed E-state index contributed by atoms with van der Waals surface area (Å²) in [5, 5.41) is 21.9. The lowest BCUT2D eigenvalue weighted by atomic mass is 10.2. The number of likely N-dealkylation sites (N-methyl/N-ethyl adjacent to an activating group) is 1. The molecule has 108 valence electrons. The molecule has 0 saturated heterocycles. The number of hydrogen-bond acceptors (Lipinski definition) is 4. The van der Waals surface area contributed by atoms with E-state index in [4.69, 9.17) is 5.11 Å². The van der Waals surface area contributed by atoms with Crippen LogP contribution >= 0.6 is 0 Å². The summed E-state index contributed by atoms with van der Waals surface area (Å²) >= 11 is 0. The van der Waals surface area contributed by atoms with Gasteiger partial charge < -0.3 is 15.3 Å². The molecule has 0 aromatic heterocycles. The molecule has 2 N–H and O–H groups in total. The highest BCUT2D eigenvalue weighted by Crippen LogP contribution is 2.21. The second-order valence-electron chi connectivity index (χ2n) is 4.31. The first-order chi connectivity index (χ1) is 9.23. The molecule has 0 aliphatic rings. The van der Waals surface area contributed by atoms with Gasteiger partial charge in [-0.3, -0.25) is 10.1 Å². The molecule has 20 heavy (non-hydrogen) atoms. The van der Waals surface area contributed by atoms with Crippen molar-refractivity contribution in [3.05, 3.63) is 33.9 Å². The molecular weight excluding hydrogens is 266 g/mol. The fraction of sp³-hybridized carbons (Fsp3) is 0.333. The highest BCUT2D eigenvalue weighted by atomic mass is 16.6. The minimum atomic E-state index is -1.12. The first kappa shape index (κ1) is 15.4. The van der Waals surface area contributed by atoms with Gasteiger partial charge >= 0.3 is 12.0 Å². The van der Waals surface area contributed by atoms with E-state index in [9.17, 15) is 19.7 Å². The van der Waals surface area contributed by atoms with E-state index in [1.807, 2.05) is 0 Å². The number of carboxylic acids is 1. The van der Waals surface area contributed by atoms with Gasteiger partial charge in [-0.1, -0.05) is 0 Å². The van der Waals surface area contributed by atoms with Gasteiger partial charge in [0.2, 0.25) is 0 Å². The minimum Gasteiger partial charge on any atom is -0.480 e. The second-order valence-corrected chi connectivity index (χ2v) is 4.31. The zero-order chi connectivity index (χ0) is 15.4. The van der Waals surface area contributed by atoms with Crippen LogP contribution in [-0.4, -0.2) is 40.0 Å². The lowest BCUT2D eigenvalue weighted by Gasteiger charge is -2.22. The van der Waals surface area contributed by atoms with Gasteiger partial charge in [0.15, 0.2) is 0 Å². The number of nitro benzene ring substituents is 1. The zero-order valence-corrected chi connectivity index (χ0v) is 11.3. The quantitative estimate of drug-likeness (QED) is 0.645. The number of urea groups is 1. The number of carboxylic acid groups (broad SMARTS) is 1. The Hall–Kier alpha value is -2.64. The predicted molar refractivity (Wildman–Crippen MR) is 71.7 cm³/mol. The molecular formula is C12H15N3O5. The van der Waals surface area contributed by atoms with Crippen LogP contribution in [0.3, 0.4) is 0 Å². The summed E-state index contributed by atoms with van der Waals surface area (Å²) in [7, 11) is 1.36. The molecule has 0 saturated carbocycles. The molecule has 0 radical (unpaired) electrons. The monoisotopic (exact) mass is 281 g/mol. The van der Waals surface area contributed by atoms with Crippen LogP contribution in [0.2, 0.25) is 0 Å². The molecule has 0 spiro atoms. The number of nitrogens with one attached hydrogen (secondary N) is 1. The lowest BCUT2D eigenvalue weighted by Crippen LogP contribution is -2.42. The number of nitrogens with zero attached hydrogens (tertiary/aromatic N) is 2. The van der Waals surface area contributed by atoms with E-state index >= 15 is 0 Å². The average molecular weight is 281 g/mol. The lowest BCUT2D eigenvalue weighted by molar-refractivity contribution is -0.384. The van der Waals surface area contributed by atoms with Gasteiger partial charge in [0.1, 0.15) is 6.04 Å². The van der Waals surface area contributed by atoms with Crippen LogP contribution in [0.15, 0.2) is 18.2 Å². The Bertz CT molecular complexity index is 558. The number of rotatable bonds is 4. The number of anilines is 1.